The van der Waals surface area contributed by atoms with Gasteiger partial charge < -0.3 is 10.6 Å². The van der Waals surface area contributed by atoms with E-state index in [1.165, 1.54) is 12.8 Å². The minimum Gasteiger partial charge on any atom is -0.370 e. The summed E-state index contributed by atoms with van der Waals surface area (Å²) in [7, 11) is 0. The Morgan fingerprint density at radius 2 is 1.68 bits per heavy atom. The first-order valence-corrected chi connectivity index (χ1v) is 7.52. The van der Waals surface area contributed by atoms with Crippen LogP contribution in [0.3, 0.4) is 0 Å². The molecule has 0 bridgehead atoms. The second-order valence-corrected chi connectivity index (χ2v) is 4.95. The number of rotatable bonds is 8. The van der Waals surface area contributed by atoms with E-state index in [0.29, 0.717) is 12.0 Å². The summed E-state index contributed by atoms with van der Waals surface area (Å²) in [4.78, 5) is 9.03. The van der Waals surface area contributed by atoms with Gasteiger partial charge in [-0.2, -0.15) is 0 Å². The third-order valence-corrected chi connectivity index (χ3v) is 3.58. The van der Waals surface area contributed by atoms with E-state index in [2.05, 4.69) is 55.2 Å². The third kappa shape index (κ3) is 4.69. The van der Waals surface area contributed by atoms with Gasteiger partial charge in [-0.25, -0.2) is 9.97 Å². The predicted molar refractivity (Wildman–Crippen MR) is 82.7 cm³/mol. The van der Waals surface area contributed by atoms with Gasteiger partial charge in [0, 0.05) is 25.1 Å². The Hall–Kier alpha value is -1.32. The molecule has 0 fully saturated rings. The first kappa shape index (κ1) is 15.7. The molecular weight excluding hydrogens is 236 g/mol. The van der Waals surface area contributed by atoms with Crippen molar-refractivity contribution in [3.63, 3.8) is 0 Å². The van der Waals surface area contributed by atoms with E-state index in [4.69, 9.17) is 0 Å². The summed E-state index contributed by atoms with van der Waals surface area (Å²) in [5.41, 5.74) is 0. The van der Waals surface area contributed by atoms with Gasteiger partial charge in [-0.3, -0.25) is 0 Å². The summed E-state index contributed by atoms with van der Waals surface area (Å²) in [5.74, 6) is 3.41. The zero-order chi connectivity index (χ0) is 14.3. The molecule has 1 atom stereocenters. The number of aryl methyl sites for hydroxylation is 1. The highest BCUT2D eigenvalue weighted by atomic mass is 15.1. The standard InChI is InChI=1S/C15H28N4/c1-6-12(7-2)11(5)17-15-10-14(16-9-4)18-13(8-3)19-15/h10-12H,6-9H2,1-5H3,(H2,16,17,18,19). The molecular formula is C15H28N4. The lowest BCUT2D eigenvalue weighted by Crippen LogP contribution is -2.25. The Labute approximate surface area is 117 Å². The fraction of sp³-hybridized carbons (Fsp3) is 0.733. The second kappa shape index (κ2) is 7.97. The van der Waals surface area contributed by atoms with Crippen LogP contribution in [-0.2, 0) is 6.42 Å². The molecule has 0 aromatic carbocycles. The van der Waals surface area contributed by atoms with Crippen LogP contribution in [0.5, 0.6) is 0 Å². The largest absolute Gasteiger partial charge is 0.370 e. The Morgan fingerprint density at radius 1 is 1.05 bits per heavy atom. The predicted octanol–water partition coefficient (Wildman–Crippen LogP) is 3.71. The highest BCUT2D eigenvalue weighted by Gasteiger charge is 2.14. The summed E-state index contributed by atoms with van der Waals surface area (Å²) in [6.07, 6.45) is 3.24. The lowest BCUT2D eigenvalue weighted by molar-refractivity contribution is 0.437. The van der Waals surface area contributed by atoms with Crippen molar-refractivity contribution in [2.24, 2.45) is 5.92 Å². The molecule has 2 N–H and O–H groups in total. The maximum Gasteiger partial charge on any atom is 0.132 e. The summed E-state index contributed by atoms with van der Waals surface area (Å²) in [6, 6.07) is 2.44. The van der Waals surface area contributed by atoms with E-state index in [1.807, 2.05) is 6.07 Å². The van der Waals surface area contributed by atoms with Gasteiger partial charge in [0.2, 0.25) is 0 Å². The van der Waals surface area contributed by atoms with Gasteiger partial charge >= 0.3 is 0 Å². The number of nitrogens with zero attached hydrogens (tertiary/aromatic N) is 2. The number of anilines is 2. The third-order valence-electron chi connectivity index (χ3n) is 3.58. The van der Waals surface area contributed by atoms with Crippen LogP contribution in [0.4, 0.5) is 11.6 Å². The van der Waals surface area contributed by atoms with Crippen LogP contribution < -0.4 is 10.6 Å². The summed E-state index contributed by atoms with van der Waals surface area (Å²) < 4.78 is 0. The molecule has 0 saturated carbocycles. The minimum atomic E-state index is 0.434. The maximum atomic E-state index is 4.56. The van der Waals surface area contributed by atoms with Crippen molar-refractivity contribution in [3.05, 3.63) is 11.9 Å². The Morgan fingerprint density at radius 3 is 2.21 bits per heavy atom. The van der Waals surface area contributed by atoms with Crippen LogP contribution in [0, 0.1) is 5.92 Å². The smallest absolute Gasteiger partial charge is 0.132 e. The molecule has 4 nitrogen and oxygen atoms in total. The maximum absolute atomic E-state index is 4.56. The zero-order valence-electron chi connectivity index (χ0n) is 13.0. The molecule has 0 spiro atoms. The fourth-order valence-corrected chi connectivity index (χ4v) is 2.35. The summed E-state index contributed by atoms with van der Waals surface area (Å²) >= 11 is 0. The number of hydrogen-bond acceptors (Lipinski definition) is 4. The van der Waals surface area contributed by atoms with Crippen LogP contribution >= 0.6 is 0 Å². The van der Waals surface area contributed by atoms with E-state index in [1.54, 1.807) is 0 Å². The van der Waals surface area contributed by atoms with Crippen molar-refractivity contribution in [2.45, 2.75) is 59.9 Å². The molecule has 108 valence electrons. The van der Waals surface area contributed by atoms with Gasteiger partial charge in [0.1, 0.15) is 17.5 Å². The Kier molecular flexibility index (Phi) is 6.60. The van der Waals surface area contributed by atoms with E-state index < -0.39 is 0 Å². The quantitative estimate of drug-likeness (QED) is 0.751. The number of hydrogen-bond donors (Lipinski definition) is 2. The van der Waals surface area contributed by atoms with Crippen molar-refractivity contribution >= 4 is 11.6 Å². The molecule has 0 aliphatic carbocycles. The van der Waals surface area contributed by atoms with Gasteiger partial charge in [0.25, 0.3) is 0 Å². The topological polar surface area (TPSA) is 49.8 Å². The van der Waals surface area contributed by atoms with E-state index in [0.717, 1.165) is 30.4 Å². The minimum absolute atomic E-state index is 0.434. The SMILES string of the molecule is CCNc1cc(NC(C)C(CC)CC)nc(CC)n1. The molecule has 1 aromatic heterocycles. The van der Waals surface area contributed by atoms with Crippen molar-refractivity contribution in [1.29, 1.82) is 0 Å². The average molecular weight is 264 g/mol. The first-order chi connectivity index (χ1) is 9.14. The molecule has 4 heteroatoms. The molecule has 0 aliphatic rings. The lowest BCUT2D eigenvalue weighted by Gasteiger charge is -2.23. The molecule has 1 rings (SSSR count). The van der Waals surface area contributed by atoms with Gasteiger partial charge in [0.05, 0.1) is 0 Å². The van der Waals surface area contributed by atoms with E-state index in [9.17, 15) is 0 Å². The Balaban J connectivity index is 2.84. The van der Waals surface area contributed by atoms with Gasteiger partial charge in [-0.05, 0) is 19.8 Å². The highest BCUT2D eigenvalue weighted by Crippen LogP contribution is 2.18. The van der Waals surface area contributed by atoms with Gasteiger partial charge in [-0.1, -0.05) is 33.6 Å². The van der Waals surface area contributed by atoms with Crippen molar-refractivity contribution < 1.29 is 0 Å². The Bertz CT molecular complexity index is 374. The normalized spacial score (nSPS) is 12.5. The van der Waals surface area contributed by atoms with Crippen LogP contribution in [0.15, 0.2) is 6.07 Å². The molecule has 0 radical (unpaired) electrons. The average Bonchev–Trinajstić information content (AvgIpc) is 2.40. The summed E-state index contributed by atoms with van der Waals surface area (Å²) in [6.45, 7) is 11.8. The van der Waals surface area contributed by atoms with Crippen molar-refractivity contribution in [3.8, 4) is 0 Å². The molecule has 1 unspecified atom stereocenters. The molecule has 0 saturated heterocycles. The van der Waals surface area contributed by atoms with E-state index >= 15 is 0 Å². The molecule has 0 amide bonds. The molecule has 19 heavy (non-hydrogen) atoms. The van der Waals surface area contributed by atoms with Crippen LogP contribution in [0.1, 0.15) is 53.3 Å². The fourth-order valence-electron chi connectivity index (χ4n) is 2.35. The summed E-state index contributed by atoms with van der Waals surface area (Å²) in [5, 5.41) is 6.79. The zero-order valence-corrected chi connectivity index (χ0v) is 13.0. The second-order valence-electron chi connectivity index (χ2n) is 4.95. The van der Waals surface area contributed by atoms with Crippen molar-refractivity contribution in [1.82, 2.24) is 9.97 Å². The highest BCUT2D eigenvalue weighted by molar-refractivity contribution is 5.48. The van der Waals surface area contributed by atoms with Gasteiger partial charge in [0.15, 0.2) is 0 Å². The first-order valence-electron chi connectivity index (χ1n) is 7.52. The number of nitrogens with one attached hydrogen (secondary N) is 2. The van der Waals surface area contributed by atoms with Crippen LogP contribution in [0.2, 0.25) is 0 Å². The van der Waals surface area contributed by atoms with Crippen LogP contribution in [-0.4, -0.2) is 22.6 Å². The molecule has 1 aromatic rings. The van der Waals surface area contributed by atoms with Crippen molar-refractivity contribution in [2.75, 3.05) is 17.2 Å². The van der Waals surface area contributed by atoms with E-state index in [-0.39, 0.29) is 0 Å². The lowest BCUT2D eigenvalue weighted by atomic mass is 9.95. The molecule has 0 aliphatic heterocycles. The van der Waals surface area contributed by atoms with Crippen LogP contribution in [0.25, 0.3) is 0 Å². The van der Waals surface area contributed by atoms with Gasteiger partial charge in [-0.15, -0.1) is 0 Å². The monoisotopic (exact) mass is 264 g/mol. The molecule has 1 heterocycles. The number of aromatic nitrogens is 2.